The van der Waals surface area contributed by atoms with Crippen LogP contribution in [0.4, 0.5) is 11.4 Å². The largest absolute Gasteiger partial charge is 0.326 e. The number of benzene rings is 2. The zero-order valence-electron chi connectivity index (χ0n) is 17.6. The molecule has 6 heteroatoms. The third-order valence-electron chi connectivity index (χ3n) is 5.70. The number of carbonyl (C=O) groups excluding carboxylic acids is 2. The van der Waals surface area contributed by atoms with Crippen molar-refractivity contribution in [1.29, 1.82) is 0 Å². The molecule has 1 saturated heterocycles. The Hall–Kier alpha value is -2.60. The SMILES string of the molecule is Cc1ccc(C)c(NC(=O)C[C@@H]2SC(=Nc3ccccc3)N([C@@H](C)C3CC3)C2=O)c1. The Kier molecular flexibility index (Phi) is 5.95. The topological polar surface area (TPSA) is 61.8 Å². The van der Waals surface area contributed by atoms with Gasteiger partial charge in [0.1, 0.15) is 5.25 Å². The van der Waals surface area contributed by atoms with Crippen LogP contribution in [0, 0.1) is 19.8 Å². The molecule has 0 spiro atoms. The van der Waals surface area contributed by atoms with Crippen molar-refractivity contribution in [3.8, 4) is 0 Å². The molecule has 1 heterocycles. The lowest BCUT2D eigenvalue weighted by Crippen LogP contribution is -2.41. The lowest BCUT2D eigenvalue weighted by molar-refractivity contribution is -0.129. The number of carbonyl (C=O) groups is 2. The third-order valence-corrected chi connectivity index (χ3v) is 6.85. The van der Waals surface area contributed by atoms with Crippen molar-refractivity contribution >= 4 is 40.1 Å². The van der Waals surface area contributed by atoms with Gasteiger partial charge in [0, 0.05) is 18.2 Å². The molecular weight excluding hydrogens is 394 g/mol. The first-order valence-electron chi connectivity index (χ1n) is 10.4. The number of amides is 2. The van der Waals surface area contributed by atoms with Crippen LogP contribution >= 0.6 is 11.8 Å². The summed E-state index contributed by atoms with van der Waals surface area (Å²) in [7, 11) is 0. The molecule has 2 atom stereocenters. The molecule has 1 N–H and O–H groups in total. The molecule has 0 unspecified atom stereocenters. The van der Waals surface area contributed by atoms with Gasteiger partial charge < -0.3 is 5.32 Å². The van der Waals surface area contributed by atoms with Crippen molar-refractivity contribution in [1.82, 2.24) is 4.90 Å². The molecule has 0 radical (unpaired) electrons. The molecule has 1 saturated carbocycles. The van der Waals surface area contributed by atoms with Gasteiger partial charge in [0.05, 0.1) is 5.69 Å². The molecule has 2 aromatic rings. The Labute approximate surface area is 182 Å². The summed E-state index contributed by atoms with van der Waals surface area (Å²) in [6.45, 7) is 6.05. The number of nitrogens with zero attached hydrogens (tertiary/aromatic N) is 2. The molecule has 0 bridgehead atoms. The zero-order chi connectivity index (χ0) is 21.3. The Balaban J connectivity index is 1.52. The number of hydrogen-bond donors (Lipinski definition) is 1. The number of thioether (sulfide) groups is 1. The fraction of sp³-hybridized carbons (Fsp3) is 0.375. The normalized spacial score (nSPS) is 21.2. The highest BCUT2D eigenvalue weighted by atomic mass is 32.2. The van der Waals surface area contributed by atoms with E-state index in [4.69, 9.17) is 4.99 Å². The Morgan fingerprint density at radius 1 is 1.20 bits per heavy atom. The minimum Gasteiger partial charge on any atom is -0.326 e. The predicted molar refractivity (Wildman–Crippen MR) is 123 cm³/mol. The number of nitrogens with one attached hydrogen (secondary N) is 1. The number of rotatable bonds is 6. The summed E-state index contributed by atoms with van der Waals surface area (Å²) < 4.78 is 0. The molecule has 0 aromatic heterocycles. The molecule has 2 fully saturated rings. The summed E-state index contributed by atoms with van der Waals surface area (Å²) in [6.07, 6.45) is 2.43. The van der Waals surface area contributed by atoms with Crippen molar-refractivity contribution in [3.63, 3.8) is 0 Å². The average Bonchev–Trinajstić information content (AvgIpc) is 3.52. The second-order valence-corrected chi connectivity index (χ2v) is 9.36. The summed E-state index contributed by atoms with van der Waals surface area (Å²) in [5.41, 5.74) is 3.72. The van der Waals surface area contributed by atoms with Gasteiger partial charge in [0.15, 0.2) is 5.17 Å². The van der Waals surface area contributed by atoms with Gasteiger partial charge in [-0.3, -0.25) is 14.5 Å². The van der Waals surface area contributed by atoms with Crippen LogP contribution in [0.3, 0.4) is 0 Å². The molecule has 1 aliphatic carbocycles. The van der Waals surface area contributed by atoms with Crippen LogP contribution in [0.2, 0.25) is 0 Å². The van der Waals surface area contributed by atoms with Crippen LogP contribution < -0.4 is 5.32 Å². The molecule has 5 nitrogen and oxygen atoms in total. The number of para-hydroxylation sites is 1. The molecule has 4 rings (SSSR count). The van der Waals surface area contributed by atoms with Gasteiger partial charge >= 0.3 is 0 Å². The van der Waals surface area contributed by atoms with Crippen LogP contribution in [0.5, 0.6) is 0 Å². The highest BCUT2D eigenvalue weighted by Gasteiger charge is 2.45. The summed E-state index contributed by atoms with van der Waals surface area (Å²) >= 11 is 1.41. The Morgan fingerprint density at radius 3 is 2.63 bits per heavy atom. The standard InChI is InChI=1S/C24H27N3O2S/c1-15-9-10-16(2)20(13-15)26-22(28)14-21-23(29)27(17(3)18-11-12-18)24(30-21)25-19-7-5-4-6-8-19/h4-10,13,17-18,21H,11-12,14H2,1-3H3,(H,26,28)/t17-,21-/m0/s1. The van der Waals surface area contributed by atoms with E-state index in [1.54, 1.807) is 0 Å². The number of anilines is 1. The predicted octanol–water partition coefficient (Wildman–Crippen LogP) is 5.06. The van der Waals surface area contributed by atoms with E-state index in [1.807, 2.05) is 67.3 Å². The fourth-order valence-corrected chi connectivity index (χ4v) is 4.94. The highest BCUT2D eigenvalue weighted by Crippen LogP contribution is 2.41. The van der Waals surface area contributed by atoms with Gasteiger partial charge in [0.2, 0.25) is 11.8 Å². The van der Waals surface area contributed by atoms with Crippen LogP contribution in [-0.2, 0) is 9.59 Å². The van der Waals surface area contributed by atoms with E-state index in [1.165, 1.54) is 11.8 Å². The van der Waals surface area contributed by atoms with E-state index in [2.05, 4.69) is 12.2 Å². The van der Waals surface area contributed by atoms with E-state index >= 15 is 0 Å². The van der Waals surface area contributed by atoms with Crippen molar-refractivity contribution < 1.29 is 9.59 Å². The van der Waals surface area contributed by atoms with Crippen LogP contribution in [0.15, 0.2) is 53.5 Å². The van der Waals surface area contributed by atoms with E-state index in [-0.39, 0.29) is 24.3 Å². The molecular formula is C24H27N3O2S. The average molecular weight is 422 g/mol. The first-order chi connectivity index (χ1) is 14.4. The van der Waals surface area contributed by atoms with Crippen molar-refractivity contribution in [2.24, 2.45) is 10.9 Å². The Bertz CT molecular complexity index is 985. The second kappa shape index (κ2) is 8.64. The second-order valence-electron chi connectivity index (χ2n) is 8.19. The van der Waals surface area contributed by atoms with Gasteiger partial charge in [0.25, 0.3) is 0 Å². The quantitative estimate of drug-likeness (QED) is 0.709. The van der Waals surface area contributed by atoms with Crippen molar-refractivity contribution in [2.75, 3.05) is 5.32 Å². The third kappa shape index (κ3) is 4.59. The maximum absolute atomic E-state index is 13.2. The number of hydrogen-bond acceptors (Lipinski definition) is 4. The molecule has 1 aliphatic heterocycles. The van der Waals surface area contributed by atoms with Gasteiger partial charge in [-0.1, -0.05) is 42.1 Å². The van der Waals surface area contributed by atoms with E-state index in [0.29, 0.717) is 11.1 Å². The summed E-state index contributed by atoms with van der Waals surface area (Å²) in [4.78, 5) is 32.5. The van der Waals surface area contributed by atoms with Crippen LogP contribution in [-0.4, -0.2) is 33.2 Å². The molecule has 156 valence electrons. The number of aliphatic imine (C=N–C) groups is 1. The van der Waals surface area contributed by atoms with Gasteiger partial charge in [-0.25, -0.2) is 4.99 Å². The molecule has 2 aliphatic rings. The molecule has 30 heavy (non-hydrogen) atoms. The lowest BCUT2D eigenvalue weighted by Gasteiger charge is -2.24. The van der Waals surface area contributed by atoms with Crippen LogP contribution in [0.1, 0.15) is 37.3 Å². The highest BCUT2D eigenvalue weighted by molar-refractivity contribution is 8.15. The lowest BCUT2D eigenvalue weighted by atomic mass is 10.1. The summed E-state index contributed by atoms with van der Waals surface area (Å²) in [6, 6.07) is 15.8. The van der Waals surface area contributed by atoms with Gasteiger partial charge in [-0.2, -0.15) is 0 Å². The molecule has 2 amide bonds. The first-order valence-corrected chi connectivity index (χ1v) is 11.3. The first kappa shape index (κ1) is 20.7. The van der Waals surface area contributed by atoms with Gasteiger partial charge in [-0.05, 0) is 68.9 Å². The maximum Gasteiger partial charge on any atom is 0.242 e. The monoisotopic (exact) mass is 421 g/mol. The summed E-state index contributed by atoms with van der Waals surface area (Å²) in [5.74, 6) is 0.373. The number of amidine groups is 1. The van der Waals surface area contributed by atoms with Crippen molar-refractivity contribution in [2.45, 2.75) is 51.3 Å². The smallest absolute Gasteiger partial charge is 0.242 e. The van der Waals surface area contributed by atoms with E-state index in [0.717, 1.165) is 35.3 Å². The molecule has 2 aromatic carbocycles. The zero-order valence-corrected chi connectivity index (χ0v) is 18.4. The van der Waals surface area contributed by atoms with E-state index in [9.17, 15) is 9.59 Å². The minimum atomic E-state index is -0.446. The van der Waals surface area contributed by atoms with E-state index < -0.39 is 5.25 Å². The van der Waals surface area contributed by atoms with Gasteiger partial charge in [-0.15, -0.1) is 0 Å². The van der Waals surface area contributed by atoms with Crippen LogP contribution in [0.25, 0.3) is 0 Å². The Morgan fingerprint density at radius 2 is 1.93 bits per heavy atom. The summed E-state index contributed by atoms with van der Waals surface area (Å²) in [5, 5.41) is 3.24. The minimum absolute atomic E-state index is 0.00908. The maximum atomic E-state index is 13.2. The number of aryl methyl sites for hydroxylation is 2. The fourth-order valence-electron chi connectivity index (χ4n) is 3.71. The van der Waals surface area contributed by atoms with Crippen molar-refractivity contribution in [3.05, 3.63) is 59.7 Å².